The maximum absolute atomic E-state index is 12.3. The van der Waals surface area contributed by atoms with E-state index in [0.29, 0.717) is 13.1 Å². The third-order valence-electron chi connectivity index (χ3n) is 3.90. The van der Waals surface area contributed by atoms with Gasteiger partial charge in [0, 0.05) is 13.1 Å². The molecule has 0 aliphatic carbocycles. The Morgan fingerprint density at radius 2 is 1.68 bits per heavy atom. The molecule has 0 heterocycles. The van der Waals surface area contributed by atoms with E-state index >= 15 is 0 Å². The average Bonchev–Trinajstić information content (AvgIpc) is 2.59. The van der Waals surface area contributed by atoms with Gasteiger partial charge in [-0.2, -0.15) is 0 Å². The van der Waals surface area contributed by atoms with Gasteiger partial charge in [-0.05, 0) is 25.3 Å². The summed E-state index contributed by atoms with van der Waals surface area (Å²) in [5.41, 5.74) is 0.868. The summed E-state index contributed by atoms with van der Waals surface area (Å²) in [4.78, 5) is 38.0. The number of hydrogen-bond acceptors (Lipinski definition) is 4. The lowest BCUT2D eigenvalue weighted by Crippen LogP contribution is -2.46. The minimum atomic E-state index is -0.777. The van der Waals surface area contributed by atoms with Crippen LogP contribution in [0, 0.1) is 5.92 Å². The molecule has 0 radical (unpaired) electrons. The zero-order valence-electron chi connectivity index (χ0n) is 15.5. The molecule has 1 N–H and O–H groups in total. The van der Waals surface area contributed by atoms with Crippen molar-refractivity contribution in [2.75, 3.05) is 19.7 Å². The first-order valence-corrected chi connectivity index (χ1v) is 8.66. The first-order chi connectivity index (χ1) is 11.9. The lowest BCUT2D eigenvalue weighted by atomic mass is 10.0. The van der Waals surface area contributed by atoms with Crippen molar-refractivity contribution in [1.29, 1.82) is 0 Å². The van der Waals surface area contributed by atoms with Crippen LogP contribution in [0.5, 0.6) is 0 Å². The van der Waals surface area contributed by atoms with E-state index in [0.717, 1.165) is 5.56 Å². The number of ether oxygens (including phenoxy) is 1. The third-order valence-corrected chi connectivity index (χ3v) is 3.90. The molecule has 0 aliphatic heterocycles. The fourth-order valence-corrected chi connectivity index (χ4v) is 2.39. The van der Waals surface area contributed by atoms with Gasteiger partial charge in [-0.3, -0.25) is 9.59 Å². The fraction of sp³-hybridized carbons (Fsp3) is 0.526. The number of hydrogen-bond donors (Lipinski definition) is 1. The van der Waals surface area contributed by atoms with E-state index < -0.39 is 12.0 Å². The lowest BCUT2D eigenvalue weighted by molar-refractivity contribution is -0.155. The monoisotopic (exact) mass is 348 g/mol. The van der Waals surface area contributed by atoms with Crippen LogP contribution in [-0.2, 0) is 25.5 Å². The Hall–Kier alpha value is -2.37. The SMILES string of the molecule is CCN(CC)C(=O)COC(=O)[C@@H](NC(=O)Cc1ccccc1)C(C)C. The van der Waals surface area contributed by atoms with Crippen LogP contribution < -0.4 is 5.32 Å². The van der Waals surface area contributed by atoms with Gasteiger partial charge in [-0.15, -0.1) is 0 Å². The number of benzene rings is 1. The van der Waals surface area contributed by atoms with Crippen molar-refractivity contribution in [3.05, 3.63) is 35.9 Å². The Morgan fingerprint density at radius 1 is 1.08 bits per heavy atom. The molecule has 25 heavy (non-hydrogen) atoms. The van der Waals surface area contributed by atoms with Crippen molar-refractivity contribution in [2.45, 2.75) is 40.2 Å². The van der Waals surface area contributed by atoms with Gasteiger partial charge in [0.2, 0.25) is 5.91 Å². The summed E-state index contributed by atoms with van der Waals surface area (Å²) in [6.07, 6.45) is 0.190. The molecule has 6 nitrogen and oxygen atoms in total. The standard InChI is InChI=1S/C19H28N2O4/c1-5-21(6-2)17(23)13-25-19(24)18(14(3)4)20-16(22)12-15-10-8-7-9-11-15/h7-11,14,18H,5-6,12-13H2,1-4H3,(H,20,22)/t18-/m0/s1. The van der Waals surface area contributed by atoms with Gasteiger partial charge in [0.15, 0.2) is 6.61 Å². The summed E-state index contributed by atoms with van der Waals surface area (Å²) in [7, 11) is 0. The minimum Gasteiger partial charge on any atom is -0.454 e. The maximum Gasteiger partial charge on any atom is 0.329 e. The molecule has 0 saturated carbocycles. The number of rotatable bonds is 9. The van der Waals surface area contributed by atoms with E-state index in [-0.39, 0.29) is 30.8 Å². The maximum atomic E-state index is 12.3. The van der Waals surface area contributed by atoms with Crippen LogP contribution in [0.4, 0.5) is 0 Å². The summed E-state index contributed by atoms with van der Waals surface area (Å²) in [5.74, 6) is -1.22. The second-order valence-corrected chi connectivity index (χ2v) is 6.13. The molecule has 1 rings (SSSR count). The van der Waals surface area contributed by atoms with Crippen molar-refractivity contribution < 1.29 is 19.1 Å². The molecule has 0 fully saturated rings. The highest BCUT2D eigenvalue weighted by molar-refractivity contribution is 5.87. The fourth-order valence-electron chi connectivity index (χ4n) is 2.39. The van der Waals surface area contributed by atoms with Crippen LogP contribution in [0.3, 0.4) is 0 Å². The van der Waals surface area contributed by atoms with Crippen molar-refractivity contribution in [1.82, 2.24) is 10.2 Å². The Labute approximate surface area is 149 Å². The number of likely N-dealkylation sites (N-methyl/N-ethyl adjacent to an activating group) is 1. The lowest BCUT2D eigenvalue weighted by Gasteiger charge is -2.22. The summed E-state index contributed by atoms with van der Waals surface area (Å²) >= 11 is 0. The van der Waals surface area contributed by atoms with Crippen LogP contribution in [0.15, 0.2) is 30.3 Å². The Kier molecular flexibility index (Phi) is 8.67. The molecule has 1 atom stereocenters. The summed E-state index contributed by atoms with van der Waals surface area (Å²) < 4.78 is 5.12. The van der Waals surface area contributed by atoms with Gasteiger partial charge in [0.25, 0.3) is 5.91 Å². The predicted octanol–water partition coefficient (Wildman–Crippen LogP) is 1.78. The molecule has 0 unspecified atom stereocenters. The summed E-state index contributed by atoms with van der Waals surface area (Å²) in [5, 5.41) is 2.71. The molecule has 0 aromatic heterocycles. The summed E-state index contributed by atoms with van der Waals surface area (Å²) in [6.45, 7) is 8.19. The van der Waals surface area contributed by atoms with Crippen LogP contribution in [0.25, 0.3) is 0 Å². The highest BCUT2D eigenvalue weighted by Gasteiger charge is 2.26. The zero-order chi connectivity index (χ0) is 18.8. The molecule has 0 spiro atoms. The van der Waals surface area contributed by atoms with Gasteiger partial charge in [0.1, 0.15) is 6.04 Å². The largest absolute Gasteiger partial charge is 0.454 e. The van der Waals surface area contributed by atoms with Gasteiger partial charge in [-0.25, -0.2) is 4.79 Å². The van der Waals surface area contributed by atoms with Gasteiger partial charge >= 0.3 is 5.97 Å². The molecule has 2 amide bonds. The summed E-state index contributed by atoms with van der Waals surface area (Å²) in [6, 6.07) is 8.52. The molecule has 0 aliphatic rings. The first-order valence-electron chi connectivity index (χ1n) is 8.66. The number of nitrogens with one attached hydrogen (secondary N) is 1. The van der Waals surface area contributed by atoms with E-state index in [4.69, 9.17) is 4.74 Å². The second kappa shape index (κ2) is 10.5. The van der Waals surface area contributed by atoms with Gasteiger partial charge in [0.05, 0.1) is 6.42 Å². The van der Waals surface area contributed by atoms with Crippen molar-refractivity contribution >= 4 is 17.8 Å². The zero-order valence-corrected chi connectivity index (χ0v) is 15.5. The van der Waals surface area contributed by atoms with Crippen molar-refractivity contribution in [3.8, 4) is 0 Å². The third kappa shape index (κ3) is 6.95. The highest BCUT2D eigenvalue weighted by atomic mass is 16.5. The van der Waals surface area contributed by atoms with E-state index in [2.05, 4.69) is 5.32 Å². The van der Waals surface area contributed by atoms with Crippen molar-refractivity contribution in [2.24, 2.45) is 5.92 Å². The normalized spacial score (nSPS) is 11.7. The molecule has 1 aromatic carbocycles. The van der Waals surface area contributed by atoms with Crippen LogP contribution in [0.1, 0.15) is 33.3 Å². The van der Waals surface area contributed by atoms with Gasteiger partial charge in [-0.1, -0.05) is 44.2 Å². The van der Waals surface area contributed by atoms with Crippen LogP contribution in [-0.4, -0.2) is 48.4 Å². The quantitative estimate of drug-likeness (QED) is 0.690. The minimum absolute atomic E-state index is 0.143. The number of nitrogens with zero attached hydrogens (tertiary/aromatic N) is 1. The Balaban J connectivity index is 2.59. The predicted molar refractivity (Wildman–Crippen MR) is 95.8 cm³/mol. The molecular weight excluding hydrogens is 320 g/mol. The van der Waals surface area contributed by atoms with E-state index in [1.165, 1.54) is 0 Å². The first kappa shape index (κ1) is 20.7. The van der Waals surface area contributed by atoms with E-state index in [1.807, 2.05) is 58.0 Å². The van der Waals surface area contributed by atoms with E-state index in [1.54, 1.807) is 4.90 Å². The molecule has 6 heteroatoms. The van der Waals surface area contributed by atoms with Crippen LogP contribution >= 0.6 is 0 Å². The number of amides is 2. The number of carbonyl (C=O) groups excluding carboxylic acids is 3. The number of carbonyl (C=O) groups is 3. The highest BCUT2D eigenvalue weighted by Crippen LogP contribution is 2.06. The molecule has 0 bridgehead atoms. The van der Waals surface area contributed by atoms with Crippen molar-refractivity contribution in [3.63, 3.8) is 0 Å². The second-order valence-electron chi connectivity index (χ2n) is 6.13. The molecule has 138 valence electrons. The Morgan fingerprint density at radius 3 is 2.20 bits per heavy atom. The van der Waals surface area contributed by atoms with Gasteiger partial charge < -0.3 is 15.0 Å². The topological polar surface area (TPSA) is 75.7 Å². The Bertz CT molecular complexity index is 568. The average molecular weight is 348 g/mol. The van der Waals surface area contributed by atoms with E-state index in [9.17, 15) is 14.4 Å². The number of esters is 1. The molecule has 0 saturated heterocycles. The molecule has 1 aromatic rings. The smallest absolute Gasteiger partial charge is 0.329 e. The van der Waals surface area contributed by atoms with Crippen LogP contribution in [0.2, 0.25) is 0 Å². The molecular formula is C19H28N2O4.